The van der Waals surface area contributed by atoms with Gasteiger partial charge in [-0.25, -0.2) is 9.29 Å². The maximum Gasteiger partial charge on any atom is 0.282 e. The highest BCUT2D eigenvalue weighted by Gasteiger charge is 2.40. The first-order valence-electron chi connectivity index (χ1n) is 10.0. The molecule has 4 rings (SSSR count). The number of nitrogens with zero attached hydrogens (tertiary/aromatic N) is 1. The molecule has 0 aromatic heterocycles. The zero-order valence-corrected chi connectivity index (χ0v) is 17.6. The van der Waals surface area contributed by atoms with Crippen molar-refractivity contribution >= 4 is 28.8 Å². The average molecular weight is 432 g/mol. The second kappa shape index (κ2) is 8.93. The summed E-state index contributed by atoms with van der Waals surface area (Å²) >= 11 is 0. The molecule has 0 spiro atoms. The molecule has 3 aromatic carbocycles. The summed E-state index contributed by atoms with van der Waals surface area (Å²) in [6.07, 6.45) is 0. The van der Waals surface area contributed by atoms with Gasteiger partial charge < -0.3 is 14.8 Å². The van der Waals surface area contributed by atoms with E-state index in [1.807, 2.05) is 6.92 Å². The van der Waals surface area contributed by atoms with Crippen LogP contribution in [0.2, 0.25) is 0 Å². The number of methoxy groups -OCH3 is 1. The summed E-state index contributed by atoms with van der Waals surface area (Å²) in [4.78, 5) is 27.7. The number of hydrogen-bond acceptors (Lipinski definition) is 5. The highest BCUT2D eigenvalue weighted by Crippen LogP contribution is 2.34. The number of amides is 2. The quantitative estimate of drug-likeness (QED) is 0.552. The molecule has 0 saturated carbocycles. The molecule has 7 heteroatoms. The van der Waals surface area contributed by atoms with E-state index in [-0.39, 0.29) is 17.0 Å². The van der Waals surface area contributed by atoms with E-state index in [0.717, 1.165) is 4.90 Å². The fourth-order valence-electron chi connectivity index (χ4n) is 3.44. The fraction of sp³-hybridized carbons (Fsp3) is 0.120. The number of ether oxygens (including phenoxy) is 2. The van der Waals surface area contributed by atoms with E-state index < -0.39 is 17.6 Å². The Hall–Kier alpha value is -4.13. The third-order valence-corrected chi connectivity index (χ3v) is 4.98. The molecule has 3 aromatic rings. The van der Waals surface area contributed by atoms with Crippen LogP contribution in [0.25, 0.3) is 5.57 Å². The molecular formula is C25H21FN2O4. The Morgan fingerprint density at radius 3 is 2.06 bits per heavy atom. The summed E-state index contributed by atoms with van der Waals surface area (Å²) in [5, 5.41) is 3.08. The molecule has 2 amide bonds. The maximum absolute atomic E-state index is 13.4. The van der Waals surface area contributed by atoms with Crippen LogP contribution in [-0.4, -0.2) is 25.5 Å². The molecule has 162 valence electrons. The number of anilines is 2. The van der Waals surface area contributed by atoms with Gasteiger partial charge in [-0.1, -0.05) is 12.1 Å². The standard InChI is InChI=1S/C25H21FN2O4/c1-3-32-21-12-4-16(5-13-21)22-23(27-18-8-14-20(31-2)15-9-18)25(30)28(24(22)29)19-10-6-17(26)7-11-19/h4-15,27H,3H2,1-2H3. The van der Waals surface area contributed by atoms with Gasteiger partial charge in [0.1, 0.15) is 23.0 Å². The SMILES string of the molecule is CCOc1ccc(C2=C(Nc3ccc(OC)cc3)C(=O)N(c3ccc(F)cc3)C2=O)cc1. The van der Waals surface area contributed by atoms with Crippen molar-refractivity contribution in [3.05, 3.63) is 89.9 Å². The van der Waals surface area contributed by atoms with Crippen molar-refractivity contribution in [1.82, 2.24) is 0 Å². The van der Waals surface area contributed by atoms with E-state index in [1.165, 1.54) is 24.3 Å². The molecule has 0 fully saturated rings. The lowest BCUT2D eigenvalue weighted by Gasteiger charge is -2.15. The normalized spacial score (nSPS) is 13.5. The number of imide groups is 1. The van der Waals surface area contributed by atoms with E-state index in [9.17, 15) is 14.0 Å². The van der Waals surface area contributed by atoms with Crippen molar-refractivity contribution in [1.29, 1.82) is 0 Å². The van der Waals surface area contributed by atoms with Gasteiger partial charge in [0.2, 0.25) is 0 Å². The molecule has 0 saturated heterocycles. The van der Waals surface area contributed by atoms with Gasteiger partial charge >= 0.3 is 0 Å². The first-order chi connectivity index (χ1) is 15.5. The van der Waals surface area contributed by atoms with E-state index in [0.29, 0.717) is 29.4 Å². The molecule has 1 heterocycles. The van der Waals surface area contributed by atoms with Crippen LogP contribution in [0.5, 0.6) is 11.5 Å². The molecule has 0 unspecified atom stereocenters. The number of nitrogens with one attached hydrogen (secondary N) is 1. The average Bonchev–Trinajstić information content (AvgIpc) is 3.05. The van der Waals surface area contributed by atoms with Crippen LogP contribution in [0.3, 0.4) is 0 Å². The summed E-state index contributed by atoms with van der Waals surface area (Å²) in [5.74, 6) is -0.154. The van der Waals surface area contributed by atoms with Crippen molar-refractivity contribution in [3.8, 4) is 11.5 Å². The Morgan fingerprint density at radius 2 is 1.47 bits per heavy atom. The largest absolute Gasteiger partial charge is 0.497 e. The molecule has 0 bridgehead atoms. The number of hydrogen-bond donors (Lipinski definition) is 1. The topological polar surface area (TPSA) is 67.9 Å². The van der Waals surface area contributed by atoms with Crippen LogP contribution in [0.15, 0.2) is 78.5 Å². The number of benzene rings is 3. The zero-order valence-electron chi connectivity index (χ0n) is 17.6. The monoisotopic (exact) mass is 432 g/mol. The molecule has 1 aliphatic rings. The molecule has 6 nitrogen and oxygen atoms in total. The summed E-state index contributed by atoms with van der Waals surface area (Å²) in [6, 6.07) is 19.2. The summed E-state index contributed by atoms with van der Waals surface area (Å²) in [6.45, 7) is 2.40. The van der Waals surface area contributed by atoms with Crippen LogP contribution in [-0.2, 0) is 9.59 Å². The van der Waals surface area contributed by atoms with Gasteiger partial charge in [-0.3, -0.25) is 9.59 Å². The smallest absolute Gasteiger partial charge is 0.282 e. The third-order valence-electron chi connectivity index (χ3n) is 4.98. The second-order valence-electron chi connectivity index (χ2n) is 6.98. The summed E-state index contributed by atoms with van der Waals surface area (Å²) in [5.41, 5.74) is 1.82. The molecule has 0 aliphatic carbocycles. The van der Waals surface area contributed by atoms with Crippen LogP contribution in [0.4, 0.5) is 15.8 Å². The predicted octanol–water partition coefficient (Wildman–Crippen LogP) is 4.63. The molecule has 1 N–H and O–H groups in total. The lowest BCUT2D eigenvalue weighted by atomic mass is 10.0. The molecule has 32 heavy (non-hydrogen) atoms. The van der Waals surface area contributed by atoms with E-state index in [2.05, 4.69) is 5.32 Å². The molecule has 1 aliphatic heterocycles. The van der Waals surface area contributed by atoms with Crippen LogP contribution in [0.1, 0.15) is 12.5 Å². The molecule has 0 atom stereocenters. The van der Waals surface area contributed by atoms with Crippen molar-refractivity contribution in [2.75, 3.05) is 23.9 Å². The Bertz CT molecular complexity index is 1170. The van der Waals surface area contributed by atoms with Crippen molar-refractivity contribution in [2.45, 2.75) is 6.92 Å². The molecular weight excluding hydrogens is 411 g/mol. The van der Waals surface area contributed by atoms with Gasteiger partial charge in [0, 0.05) is 5.69 Å². The molecule has 0 radical (unpaired) electrons. The fourth-order valence-corrected chi connectivity index (χ4v) is 3.44. The van der Waals surface area contributed by atoms with Gasteiger partial charge in [-0.2, -0.15) is 0 Å². The van der Waals surface area contributed by atoms with Crippen molar-refractivity contribution in [3.63, 3.8) is 0 Å². The third kappa shape index (κ3) is 4.05. The van der Waals surface area contributed by atoms with Crippen LogP contribution in [0, 0.1) is 5.82 Å². The van der Waals surface area contributed by atoms with Crippen LogP contribution < -0.4 is 19.7 Å². The zero-order chi connectivity index (χ0) is 22.7. The maximum atomic E-state index is 13.4. The Kier molecular flexibility index (Phi) is 5.89. The second-order valence-corrected chi connectivity index (χ2v) is 6.98. The van der Waals surface area contributed by atoms with E-state index in [1.54, 1.807) is 55.6 Å². The Labute approximate surface area is 184 Å². The highest BCUT2D eigenvalue weighted by atomic mass is 19.1. The van der Waals surface area contributed by atoms with E-state index in [4.69, 9.17) is 9.47 Å². The lowest BCUT2D eigenvalue weighted by molar-refractivity contribution is -0.120. The Balaban J connectivity index is 1.76. The number of rotatable bonds is 7. The van der Waals surface area contributed by atoms with Crippen molar-refractivity contribution in [2.24, 2.45) is 0 Å². The summed E-state index contributed by atoms with van der Waals surface area (Å²) in [7, 11) is 1.56. The van der Waals surface area contributed by atoms with Gasteiger partial charge in [0.05, 0.1) is 25.0 Å². The van der Waals surface area contributed by atoms with Crippen LogP contribution >= 0.6 is 0 Å². The predicted molar refractivity (Wildman–Crippen MR) is 120 cm³/mol. The van der Waals surface area contributed by atoms with E-state index >= 15 is 0 Å². The lowest BCUT2D eigenvalue weighted by Crippen LogP contribution is -2.32. The minimum Gasteiger partial charge on any atom is -0.497 e. The minimum atomic E-state index is -0.527. The van der Waals surface area contributed by atoms with Gasteiger partial charge in [0.15, 0.2) is 0 Å². The Morgan fingerprint density at radius 1 is 0.844 bits per heavy atom. The first kappa shape index (κ1) is 21.1. The number of halogens is 1. The van der Waals surface area contributed by atoms with Gasteiger partial charge in [-0.05, 0) is 73.2 Å². The van der Waals surface area contributed by atoms with Gasteiger partial charge in [0.25, 0.3) is 11.8 Å². The van der Waals surface area contributed by atoms with Gasteiger partial charge in [-0.15, -0.1) is 0 Å². The first-order valence-corrected chi connectivity index (χ1v) is 10.0. The number of carbonyl (C=O) groups is 2. The summed E-state index contributed by atoms with van der Waals surface area (Å²) < 4.78 is 24.1. The minimum absolute atomic E-state index is 0.133. The van der Waals surface area contributed by atoms with Crippen molar-refractivity contribution < 1.29 is 23.5 Å². The number of carbonyl (C=O) groups excluding carboxylic acids is 2. The highest BCUT2D eigenvalue weighted by molar-refractivity contribution is 6.46.